The van der Waals surface area contributed by atoms with Crippen molar-refractivity contribution in [3.8, 4) is 0 Å². The lowest BCUT2D eigenvalue weighted by Gasteiger charge is -2.18. The predicted octanol–water partition coefficient (Wildman–Crippen LogP) is 30.4. The van der Waals surface area contributed by atoms with Crippen LogP contribution in [0, 0.1) is 42.4 Å². The van der Waals surface area contributed by atoms with Gasteiger partial charge in [-0.25, -0.2) is 8.42 Å². The van der Waals surface area contributed by atoms with E-state index < -0.39 is 9.84 Å². The van der Waals surface area contributed by atoms with Crippen molar-refractivity contribution in [1.82, 2.24) is 29.4 Å². The highest BCUT2D eigenvalue weighted by Gasteiger charge is 2.25. The normalized spacial score (nSPS) is 12.2. The fraction of sp³-hybridized carbons (Fsp3) is 0.670. The number of allylic oxidation sites excluding steroid dienone is 4. The molecule has 8 nitrogen and oxygen atoms in total. The van der Waals surface area contributed by atoms with Gasteiger partial charge in [0, 0.05) is 43.6 Å². The third kappa shape index (κ3) is 96.9. The summed E-state index contributed by atoms with van der Waals surface area (Å²) >= 11 is 0. The Hall–Kier alpha value is -5.12. The third-order valence-electron chi connectivity index (χ3n) is 11.3. The Kier molecular flexibility index (Phi) is 103. The summed E-state index contributed by atoms with van der Waals surface area (Å²) in [7, 11) is 3.24. The molecule has 3 aromatic carbocycles. The highest BCUT2D eigenvalue weighted by molar-refractivity contribution is 7.91. The van der Waals surface area contributed by atoms with E-state index in [1.807, 2.05) is 141 Å². The van der Waals surface area contributed by atoms with Crippen LogP contribution in [0.5, 0.6) is 0 Å². The fourth-order valence-electron chi connectivity index (χ4n) is 7.27. The van der Waals surface area contributed by atoms with Gasteiger partial charge in [0.05, 0.1) is 22.0 Å². The van der Waals surface area contributed by atoms with E-state index in [-0.39, 0.29) is 11.2 Å². The number of pyridine rings is 1. The largest absolute Gasteiger partial charge is 0.351 e. The minimum atomic E-state index is -2.91. The summed E-state index contributed by atoms with van der Waals surface area (Å²) in [5, 5.41) is 9.36. The summed E-state index contributed by atoms with van der Waals surface area (Å²) < 4.78 is 26.4. The molecule has 3 aromatic heterocycles. The van der Waals surface area contributed by atoms with E-state index in [0.29, 0.717) is 16.7 Å². The van der Waals surface area contributed by atoms with Crippen molar-refractivity contribution in [3.05, 3.63) is 169 Å². The zero-order valence-electron chi connectivity index (χ0n) is 76.9. The number of nitrogens with zero attached hydrogens (tertiary/aromatic N) is 6. The van der Waals surface area contributed by atoms with Gasteiger partial charge in [0.1, 0.15) is 0 Å². The van der Waals surface area contributed by atoms with Crippen LogP contribution in [0.2, 0.25) is 0 Å². The highest BCUT2D eigenvalue weighted by Crippen LogP contribution is 2.25. The fourth-order valence-corrected chi connectivity index (χ4v) is 8.83. The van der Waals surface area contributed by atoms with Crippen molar-refractivity contribution in [2.24, 2.45) is 49.6 Å². The van der Waals surface area contributed by atoms with Crippen LogP contribution >= 0.6 is 0 Å². The van der Waals surface area contributed by atoms with Crippen molar-refractivity contribution < 1.29 is 8.42 Å². The summed E-state index contributed by atoms with van der Waals surface area (Å²) in [5.41, 5.74) is 6.29. The predicted molar refractivity (Wildman–Crippen MR) is 479 cm³/mol. The zero-order valence-corrected chi connectivity index (χ0v) is 77.7. The van der Waals surface area contributed by atoms with Gasteiger partial charge in [-0.15, -0.1) is 5.10 Å². The van der Waals surface area contributed by atoms with Crippen molar-refractivity contribution in [2.45, 2.75) is 350 Å². The van der Waals surface area contributed by atoms with Crippen LogP contribution in [-0.2, 0) is 41.2 Å². The lowest BCUT2D eigenvalue weighted by atomic mass is 9.87. The van der Waals surface area contributed by atoms with E-state index in [1.165, 1.54) is 80.9 Å². The molecule has 0 bridgehead atoms. The molecule has 0 spiro atoms. The number of para-hydroxylation sites is 1. The van der Waals surface area contributed by atoms with Gasteiger partial charge in [0.15, 0.2) is 9.84 Å². The summed E-state index contributed by atoms with van der Waals surface area (Å²) in [4.78, 5) is 6.67. The Labute approximate surface area is 648 Å². The van der Waals surface area contributed by atoms with Gasteiger partial charge in [0.2, 0.25) is 0 Å². The maximum Gasteiger partial charge on any atom is 0.178 e. The van der Waals surface area contributed by atoms with Crippen LogP contribution in [0.4, 0.5) is 0 Å². The molecule has 4 aliphatic rings. The summed E-state index contributed by atoms with van der Waals surface area (Å²) in [6, 6.07) is 33.9. The first-order chi connectivity index (χ1) is 48.4. The molecule has 10 rings (SSSR count). The topological polar surface area (TPSA) is 85.9 Å². The lowest BCUT2D eigenvalue weighted by Crippen LogP contribution is -2.13. The number of rotatable bonds is 0. The number of aryl methyl sites for hydroxylation is 3. The van der Waals surface area contributed by atoms with Gasteiger partial charge >= 0.3 is 0 Å². The van der Waals surface area contributed by atoms with Gasteiger partial charge in [-0.2, -0.15) is 0 Å². The van der Waals surface area contributed by atoms with E-state index in [2.05, 4.69) is 296 Å². The number of likely N-dealkylation sites (tertiary alicyclic amines) is 1. The van der Waals surface area contributed by atoms with E-state index in [0.717, 1.165) is 58.9 Å². The first kappa shape index (κ1) is 122. The monoisotopic (exact) mass is 1460 g/mol. The molecule has 1 saturated carbocycles. The molecule has 0 amide bonds. The number of hydrogen-bond donors (Lipinski definition) is 0. The Morgan fingerprint density at radius 2 is 0.757 bits per heavy atom. The second-order valence-corrected chi connectivity index (χ2v) is 31.4. The molecular formula is C94H182N6O2S. The average Bonchev–Trinajstić information content (AvgIpc) is 1.68. The molecule has 2 aliphatic heterocycles. The Morgan fingerprint density at radius 3 is 1.00 bits per heavy atom. The number of fused-ring (bicyclic) bond motifs is 2. The van der Waals surface area contributed by atoms with Crippen molar-refractivity contribution >= 4 is 20.7 Å². The van der Waals surface area contributed by atoms with E-state index >= 15 is 0 Å². The zero-order chi connectivity index (χ0) is 83.0. The second-order valence-electron chi connectivity index (χ2n) is 29.3. The summed E-state index contributed by atoms with van der Waals surface area (Å²) in [6.45, 7) is 84.8. The molecule has 0 radical (unpaired) electrons. The molecule has 0 N–H and O–H groups in total. The van der Waals surface area contributed by atoms with Gasteiger partial charge in [-0.3, -0.25) is 9.67 Å². The van der Waals surface area contributed by atoms with Crippen LogP contribution in [0.15, 0.2) is 151 Å². The van der Waals surface area contributed by atoms with Crippen molar-refractivity contribution in [2.75, 3.05) is 25.9 Å². The Balaban J connectivity index is -0.0000000985. The van der Waals surface area contributed by atoms with E-state index in [9.17, 15) is 8.42 Å². The smallest absolute Gasteiger partial charge is 0.178 e. The minimum absolute atomic E-state index is 0.109. The summed E-state index contributed by atoms with van der Waals surface area (Å²) in [6.07, 6.45) is 27.6. The minimum Gasteiger partial charge on any atom is -0.351 e. The number of sulfone groups is 1. The van der Waals surface area contributed by atoms with Crippen molar-refractivity contribution in [3.63, 3.8) is 0 Å². The lowest BCUT2D eigenvalue weighted by molar-refractivity contribution is 0.418. The van der Waals surface area contributed by atoms with Crippen LogP contribution in [-0.4, -0.2) is 63.8 Å². The first-order valence-corrected chi connectivity index (χ1v) is 42.6. The third-order valence-corrected chi connectivity index (χ3v) is 13.1. The number of aromatic nitrogens is 5. The molecule has 2 fully saturated rings. The van der Waals surface area contributed by atoms with E-state index in [4.69, 9.17) is 0 Å². The maximum absolute atomic E-state index is 11.3. The highest BCUT2D eigenvalue weighted by atomic mass is 32.2. The first-order valence-electron chi connectivity index (χ1n) is 41.0. The number of benzene rings is 3. The Morgan fingerprint density at radius 1 is 0.417 bits per heavy atom. The van der Waals surface area contributed by atoms with Crippen LogP contribution < -0.4 is 0 Å². The van der Waals surface area contributed by atoms with Gasteiger partial charge in [0.25, 0.3) is 0 Å². The standard InChI is InChI=1S/C10H14.C9H9N.C8H15N3.C8H8O2S.C6H12.C5H11N.C5H5N.C5H6.6C4H10.7C2H6/c1-10(2,3)9-7-5-4-6-8-9;1-10-7-6-8-4-2-3-5-9(8)10;1-6-7(8(2,3)4)9-10-11(6)5;9-11(10)6-5-7-3-1-2-4-8(7)11;1-2-4-6-5-3-1;1-6-4-2-3-5-6;1-2-4-6-5-3-1;1-2-4-5-3-1;6*1-4(2)3;7*1-2/h4-8H,1-3H3;2-7H,1H3;1-5H3;1-4H,5-6H2;1-6H2;2-5H2,1H3;1-5H;1-4H,5H2;6*4H,1-3H3;7*1-2H3. The SMILES string of the molecule is C1=CCC=C1.C1CCCCC1.CC.CC.CC.CC.CC.CC.CC.CC(C)(C)c1ccccc1.CC(C)C.CC(C)C.CC(C)C.CC(C)C.CC(C)C.CC(C)C.CN1CCCC1.Cc1c(C(C)(C)C)nnn1C.Cn1ccc2ccccc21.O=S1(=O)CCc2ccccc21.c1ccncc1. The molecule has 0 unspecified atom stereocenters. The van der Waals surface area contributed by atoms with Crippen LogP contribution in [0.25, 0.3) is 10.9 Å². The molecule has 6 aromatic rings. The molecule has 606 valence electrons. The molecule has 1 saturated heterocycles. The van der Waals surface area contributed by atoms with E-state index in [1.54, 1.807) is 29.2 Å². The van der Waals surface area contributed by atoms with Gasteiger partial charge < -0.3 is 9.47 Å². The molecule has 0 atom stereocenters. The number of hydrogen-bond acceptors (Lipinski definition) is 6. The second kappa shape index (κ2) is 87.5. The maximum atomic E-state index is 11.3. The quantitative estimate of drug-likeness (QED) is 0.151. The molecule has 103 heavy (non-hydrogen) atoms. The van der Waals surface area contributed by atoms with Gasteiger partial charge in [-0.1, -0.05) is 404 Å². The van der Waals surface area contributed by atoms with Gasteiger partial charge in [-0.05, 0) is 141 Å². The molecule has 9 heteroatoms. The Bertz CT molecular complexity index is 2540. The average molecular weight is 1460 g/mol. The molecule has 2 aliphatic carbocycles. The summed E-state index contributed by atoms with van der Waals surface area (Å²) in [5.74, 6) is 5.28. The van der Waals surface area contributed by atoms with Crippen LogP contribution in [0.1, 0.15) is 343 Å². The van der Waals surface area contributed by atoms with Crippen LogP contribution in [0.3, 0.4) is 0 Å². The molecule has 5 heterocycles. The van der Waals surface area contributed by atoms with Crippen molar-refractivity contribution in [1.29, 1.82) is 0 Å². The molecular weight excluding hydrogens is 1280 g/mol.